The molecule has 1 aromatic rings. The maximum absolute atomic E-state index is 12.7. The molecule has 1 amide bonds. The van der Waals surface area contributed by atoms with E-state index in [4.69, 9.17) is 5.73 Å². The molecule has 4 heteroatoms. The Kier molecular flexibility index (Phi) is 4.15. The molecule has 2 atom stereocenters. The Morgan fingerprint density at radius 1 is 1.33 bits per heavy atom. The molecular weight excluding hydrogens is 262 g/mol. The smallest absolute Gasteiger partial charge is 0.244 e. The van der Waals surface area contributed by atoms with Crippen LogP contribution in [0.1, 0.15) is 37.7 Å². The molecule has 2 N–H and O–H groups in total. The maximum Gasteiger partial charge on any atom is 0.244 e. The number of carbonyl (C=O) groups excluding carboxylic acids is 1. The Labute approximate surface area is 126 Å². The molecule has 2 heterocycles. The Morgan fingerprint density at radius 2 is 2.05 bits per heavy atom. The lowest BCUT2D eigenvalue weighted by Gasteiger charge is -2.30. The number of nitrogens with two attached hydrogens (primary N) is 1. The molecule has 1 saturated heterocycles. The zero-order chi connectivity index (χ0) is 14.8. The van der Waals surface area contributed by atoms with E-state index in [0.717, 1.165) is 38.9 Å². The monoisotopic (exact) mass is 287 g/mol. The molecule has 2 unspecified atom stereocenters. The molecule has 0 saturated carbocycles. The minimum atomic E-state index is -0.0768. The molecule has 3 rings (SSSR count). The molecule has 0 spiro atoms. The van der Waals surface area contributed by atoms with Gasteiger partial charge in [0.15, 0.2) is 0 Å². The third-order valence-corrected chi connectivity index (χ3v) is 4.86. The molecule has 2 aliphatic heterocycles. The molecule has 0 bridgehead atoms. The summed E-state index contributed by atoms with van der Waals surface area (Å²) in [5, 5.41) is 0. The summed E-state index contributed by atoms with van der Waals surface area (Å²) in [4.78, 5) is 17.0. The van der Waals surface area contributed by atoms with Gasteiger partial charge in [-0.3, -0.25) is 4.79 Å². The third-order valence-electron chi connectivity index (χ3n) is 4.86. The average Bonchev–Trinajstić information content (AvgIpc) is 3.15. The van der Waals surface area contributed by atoms with Crippen LogP contribution in [-0.2, 0) is 4.79 Å². The fraction of sp³-hybridized carbons (Fsp3) is 0.588. The largest absolute Gasteiger partial charge is 0.359 e. The number of anilines is 1. The summed E-state index contributed by atoms with van der Waals surface area (Å²) in [5.41, 5.74) is 8.32. The van der Waals surface area contributed by atoms with Crippen LogP contribution in [0.5, 0.6) is 0 Å². The highest BCUT2D eigenvalue weighted by Crippen LogP contribution is 2.39. The van der Waals surface area contributed by atoms with Crippen molar-refractivity contribution < 1.29 is 4.79 Å². The first-order valence-corrected chi connectivity index (χ1v) is 8.07. The van der Waals surface area contributed by atoms with E-state index in [1.807, 2.05) is 11.8 Å². The van der Waals surface area contributed by atoms with Crippen LogP contribution in [0.15, 0.2) is 24.3 Å². The number of likely N-dealkylation sites (tertiary alicyclic amines) is 1. The Balaban J connectivity index is 1.80. The van der Waals surface area contributed by atoms with E-state index in [-0.39, 0.29) is 11.9 Å². The Morgan fingerprint density at radius 3 is 2.76 bits per heavy atom. The Bertz CT molecular complexity index is 511. The number of amides is 1. The first-order chi connectivity index (χ1) is 10.2. The summed E-state index contributed by atoms with van der Waals surface area (Å²) < 4.78 is 0. The lowest BCUT2D eigenvalue weighted by Crippen LogP contribution is -2.46. The van der Waals surface area contributed by atoms with Gasteiger partial charge in [0.2, 0.25) is 5.91 Å². The van der Waals surface area contributed by atoms with Gasteiger partial charge in [-0.1, -0.05) is 18.2 Å². The van der Waals surface area contributed by atoms with E-state index in [1.165, 1.54) is 11.3 Å². The van der Waals surface area contributed by atoms with Gasteiger partial charge < -0.3 is 15.5 Å². The highest BCUT2D eigenvalue weighted by molar-refractivity contribution is 5.86. The van der Waals surface area contributed by atoms with Gasteiger partial charge in [0.25, 0.3) is 0 Å². The molecule has 4 nitrogen and oxygen atoms in total. The summed E-state index contributed by atoms with van der Waals surface area (Å²) in [6.45, 7) is 5.50. The van der Waals surface area contributed by atoms with E-state index < -0.39 is 0 Å². The number of hydrogen-bond donors (Lipinski definition) is 1. The van der Waals surface area contributed by atoms with Crippen molar-refractivity contribution in [1.82, 2.24) is 4.90 Å². The van der Waals surface area contributed by atoms with Gasteiger partial charge in [0, 0.05) is 31.2 Å². The summed E-state index contributed by atoms with van der Waals surface area (Å²) in [7, 11) is 0. The maximum atomic E-state index is 12.7. The molecule has 2 aliphatic rings. The van der Waals surface area contributed by atoms with Gasteiger partial charge in [0.05, 0.1) is 0 Å². The second kappa shape index (κ2) is 6.06. The molecule has 114 valence electrons. The average molecular weight is 287 g/mol. The van der Waals surface area contributed by atoms with Gasteiger partial charge in [-0.15, -0.1) is 0 Å². The molecule has 1 aromatic carbocycles. The molecule has 0 aromatic heterocycles. The quantitative estimate of drug-likeness (QED) is 0.921. The number of para-hydroxylation sites is 1. The minimum Gasteiger partial charge on any atom is -0.359 e. The SMILES string of the molecule is CC(C(=O)N1CCCC1)N1CC(CCN)c2ccccc21. The number of nitrogens with zero attached hydrogens (tertiary/aromatic N) is 2. The van der Waals surface area contributed by atoms with Gasteiger partial charge in [-0.2, -0.15) is 0 Å². The number of rotatable bonds is 4. The lowest BCUT2D eigenvalue weighted by molar-refractivity contribution is -0.131. The van der Waals surface area contributed by atoms with Gasteiger partial charge in [0.1, 0.15) is 6.04 Å². The first-order valence-electron chi connectivity index (χ1n) is 8.07. The molecule has 0 aliphatic carbocycles. The fourth-order valence-electron chi connectivity index (χ4n) is 3.68. The molecule has 0 radical (unpaired) electrons. The van der Waals surface area contributed by atoms with E-state index >= 15 is 0 Å². The fourth-order valence-corrected chi connectivity index (χ4v) is 3.68. The van der Waals surface area contributed by atoms with Crippen LogP contribution in [0.25, 0.3) is 0 Å². The second-order valence-electron chi connectivity index (χ2n) is 6.19. The van der Waals surface area contributed by atoms with Crippen molar-refractivity contribution in [2.45, 2.75) is 38.1 Å². The van der Waals surface area contributed by atoms with Crippen molar-refractivity contribution in [3.63, 3.8) is 0 Å². The summed E-state index contributed by atoms with van der Waals surface area (Å²) >= 11 is 0. The summed E-state index contributed by atoms with van der Waals surface area (Å²) in [6, 6.07) is 8.39. The predicted octanol–water partition coefficient (Wildman–Crippen LogP) is 1.95. The summed E-state index contributed by atoms with van der Waals surface area (Å²) in [5.74, 6) is 0.732. The predicted molar refractivity (Wildman–Crippen MR) is 85.5 cm³/mol. The van der Waals surface area contributed by atoms with Crippen LogP contribution in [0.2, 0.25) is 0 Å². The van der Waals surface area contributed by atoms with Crippen molar-refractivity contribution in [3.05, 3.63) is 29.8 Å². The van der Waals surface area contributed by atoms with Gasteiger partial charge in [-0.05, 0) is 44.4 Å². The first kappa shape index (κ1) is 14.4. The number of benzene rings is 1. The summed E-state index contributed by atoms with van der Waals surface area (Å²) in [6.07, 6.45) is 3.27. The molecular formula is C17H25N3O. The van der Waals surface area contributed by atoms with Crippen LogP contribution in [0.4, 0.5) is 5.69 Å². The standard InChI is InChI=1S/C17H25N3O/c1-13(17(21)19-10-4-5-11-19)20-12-14(8-9-18)15-6-2-3-7-16(15)20/h2-3,6-7,13-14H,4-5,8-12,18H2,1H3. The van der Waals surface area contributed by atoms with Crippen molar-refractivity contribution in [2.24, 2.45) is 5.73 Å². The molecule has 1 fully saturated rings. The number of carbonyl (C=O) groups is 1. The van der Waals surface area contributed by atoms with Crippen molar-refractivity contribution in [3.8, 4) is 0 Å². The molecule has 21 heavy (non-hydrogen) atoms. The van der Waals surface area contributed by atoms with E-state index in [0.29, 0.717) is 12.5 Å². The number of hydrogen-bond acceptors (Lipinski definition) is 3. The van der Waals surface area contributed by atoms with Crippen molar-refractivity contribution in [1.29, 1.82) is 0 Å². The van der Waals surface area contributed by atoms with Gasteiger partial charge >= 0.3 is 0 Å². The van der Waals surface area contributed by atoms with Crippen LogP contribution in [0, 0.1) is 0 Å². The topological polar surface area (TPSA) is 49.6 Å². The van der Waals surface area contributed by atoms with Gasteiger partial charge in [-0.25, -0.2) is 0 Å². The normalized spacial score (nSPS) is 22.5. The zero-order valence-corrected chi connectivity index (χ0v) is 12.8. The van der Waals surface area contributed by atoms with E-state index in [2.05, 4.69) is 29.2 Å². The zero-order valence-electron chi connectivity index (χ0n) is 12.8. The van der Waals surface area contributed by atoms with Crippen molar-refractivity contribution in [2.75, 3.05) is 31.1 Å². The highest BCUT2D eigenvalue weighted by atomic mass is 16.2. The lowest BCUT2D eigenvalue weighted by atomic mass is 9.98. The highest BCUT2D eigenvalue weighted by Gasteiger charge is 2.35. The third kappa shape index (κ3) is 2.64. The van der Waals surface area contributed by atoms with Crippen molar-refractivity contribution >= 4 is 11.6 Å². The van der Waals surface area contributed by atoms with E-state index in [1.54, 1.807) is 0 Å². The van der Waals surface area contributed by atoms with Crippen LogP contribution in [0.3, 0.4) is 0 Å². The van der Waals surface area contributed by atoms with Crippen LogP contribution >= 0.6 is 0 Å². The second-order valence-corrected chi connectivity index (χ2v) is 6.19. The minimum absolute atomic E-state index is 0.0768. The van der Waals surface area contributed by atoms with Crippen LogP contribution in [-0.4, -0.2) is 43.0 Å². The Hall–Kier alpha value is -1.55. The van der Waals surface area contributed by atoms with Crippen LogP contribution < -0.4 is 10.6 Å². The number of fused-ring (bicyclic) bond motifs is 1. The van der Waals surface area contributed by atoms with E-state index in [9.17, 15) is 4.79 Å².